The molecule has 0 atom stereocenters. The largest absolute Gasteiger partial charge is 0.245 e. The Hall–Kier alpha value is -7.74. The van der Waals surface area contributed by atoms with Crippen LogP contribution in [0.4, 0.5) is 0 Å². The van der Waals surface area contributed by atoms with Crippen LogP contribution in [0, 0.1) is 0 Å². The van der Waals surface area contributed by atoms with Crippen LogP contribution in [0.2, 0.25) is 0 Å². The van der Waals surface area contributed by atoms with Gasteiger partial charge < -0.3 is 0 Å². The first kappa shape index (κ1) is 34.5. The Kier molecular flexibility index (Phi) is 8.56. The quantitative estimate of drug-likeness (QED) is 0.161. The van der Waals surface area contributed by atoms with Gasteiger partial charge in [-0.15, -0.1) is 11.3 Å². The number of aromatic nitrogens is 6. The van der Waals surface area contributed by atoms with Crippen molar-refractivity contribution in [1.82, 2.24) is 29.9 Å². The summed E-state index contributed by atoms with van der Waals surface area (Å²) < 4.78 is 1.03. The van der Waals surface area contributed by atoms with E-state index in [0.717, 1.165) is 81.4 Å². The molecule has 0 aliphatic carbocycles. The first-order valence-electron chi connectivity index (χ1n) is 19.4. The van der Waals surface area contributed by atoms with Gasteiger partial charge in [-0.25, -0.2) is 29.9 Å². The molecule has 0 unspecified atom stereocenters. The predicted octanol–water partition coefficient (Wildman–Crippen LogP) is 13.2. The molecule has 59 heavy (non-hydrogen) atoms. The van der Waals surface area contributed by atoms with E-state index in [-0.39, 0.29) is 0 Å². The number of pyridine rings is 1. The van der Waals surface area contributed by atoms with Crippen LogP contribution < -0.4 is 0 Å². The molecule has 4 aromatic heterocycles. The Morgan fingerprint density at radius 2 is 0.763 bits per heavy atom. The number of nitrogens with zero attached hydrogens (tertiary/aromatic N) is 6. The van der Waals surface area contributed by atoms with E-state index in [1.165, 1.54) is 5.56 Å². The summed E-state index contributed by atoms with van der Waals surface area (Å²) in [6.45, 7) is 0. The number of benzene rings is 7. The van der Waals surface area contributed by atoms with Gasteiger partial charge in [-0.05, 0) is 51.2 Å². The van der Waals surface area contributed by atoms with Gasteiger partial charge in [0.2, 0.25) is 0 Å². The van der Waals surface area contributed by atoms with Gasteiger partial charge in [0, 0.05) is 39.4 Å². The minimum Gasteiger partial charge on any atom is -0.245 e. The summed E-state index contributed by atoms with van der Waals surface area (Å²) >= 11 is 1.64. The molecule has 0 saturated carbocycles. The summed E-state index contributed by atoms with van der Waals surface area (Å²) in [5, 5.41) is 3.20. The topological polar surface area (TPSA) is 77.3 Å². The first-order chi connectivity index (χ1) is 29.2. The third kappa shape index (κ3) is 6.40. The monoisotopic (exact) mass is 772 g/mol. The number of hydrogen-bond acceptors (Lipinski definition) is 7. The molecule has 4 heterocycles. The number of rotatable bonds is 7. The Morgan fingerprint density at radius 3 is 1.42 bits per heavy atom. The van der Waals surface area contributed by atoms with Gasteiger partial charge in [-0.2, -0.15) is 0 Å². The van der Waals surface area contributed by atoms with Crippen molar-refractivity contribution in [3.8, 4) is 79.1 Å². The van der Waals surface area contributed by atoms with Crippen molar-refractivity contribution in [2.75, 3.05) is 0 Å². The van der Waals surface area contributed by atoms with E-state index < -0.39 is 0 Å². The van der Waals surface area contributed by atoms with Gasteiger partial charge in [-0.1, -0.05) is 170 Å². The summed E-state index contributed by atoms with van der Waals surface area (Å²) in [5.74, 6) is 2.58. The molecule has 7 heteroatoms. The molecular weight excluding hydrogens is 741 g/mol. The normalized spacial score (nSPS) is 11.4. The lowest BCUT2D eigenvalue weighted by molar-refractivity contribution is 1.08. The maximum atomic E-state index is 5.25. The molecular formula is C52H32N6S. The first-order valence-corrected chi connectivity index (χ1v) is 20.3. The van der Waals surface area contributed by atoms with Gasteiger partial charge in [0.1, 0.15) is 4.83 Å². The van der Waals surface area contributed by atoms with Gasteiger partial charge in [0.15, 0.2) is 23.3 Å². The van der Waals surface area contributed by atoms with Gasteiger partial charge in [0.25, 0.3) is 0 Å². The zero-order valence-corrected chi connectivity index (χ0v) is 32.4. The number of thiophene rings is 1. The smallest absolute Gasteiger partial charge is 0.164 e. The zero-order chi connectivity index (χ0) is 39.1. The summed E-state index contributed by atoms with van der Waals surface area (Å²) in [6, 6.07) is 64.7. The highest BCUT2D eigenvalue weighted by Gasteiger charge is 2.19. The standard InChI is InChI=1S/C52H32N6S/c1-4-13-33(14-5-1)34-22-26-36(27-23-34)45-47-46(44-21-12-32-53-52(44)59-47)55-48(54-45)39-28-24-35(25-29-39)40-30-31-43(42-20-11-10-19-41(40)42)51-57-49(37-15-6-2-7-16-37)56-50(58-51)38-17-8-3-9-18-38/h1-32H. The molecule has 6 nitrogen and oxygen atoms in total. The molecule has 11 rings (SSSR count). The van der Waals surface area contributed by atoms with E-state index >= 15 is 0 Å². The third-order valence-corrected chi connectivity index (χ3v) is 11.8. The van der Waals surface area contributed by atoms with Gasteiger partial charge in [0.05, 0.1) is 15.9 Å². The van der Waals surface area contributed by atoms with E-state index in [1.54, 1.807) is 11.3 Å². The second kappa shape index (κ2) is 14.6. The number of fused-ring (bicyclic) bond motifs is 4. The maximum Gasteiger partial charge on any atom is 0.164 e. The highest BCUT2D eigenvalue weighted by atomic mass is 32.1. The van der Waals surface area contributed by atoms with Crippen LogP contribution in [0.3, 0.4) is 0 Å². The molecule has 7 aromatic carbocycles. The van der Waals surface area contributed by atoms with E-state index in [0.29, 0.717) is 23.3 Å². The average molecular weight is 773 g/mol. The van der Waals surface area contributed by atoms with Gasteiger partial charge in [-0.3, -0.25) is 0 Å². The Bertz CT molecular complexity index is 3240. The van der Waals surface area contributed by atoms with Crippen molar-refractivity contribution in [2.45, 2.75) is 0 Å². The molecule has 0 N–H and O–H groups in total. The molecule has 276 valence electrons. The van der Waals surface area contributed by atoms with E-state index in [1.807, 2.05) is 79.0 Å². The molecule has 11 aromatic rings. The van der Waals surface area contributed by atoms with Gasteiger partial charge >= 0.3 is 0 Å². The van der Waals surface area contributed by atoms with Crippen LogP contribution in [0.15, 0.2) is 194 Å². The predicted molar refractivity (Wildman–Crippen MR) is 242 cm³/mol. The van der Waals surface area contributed by atoms with Crippen LogP contribution in [0.25, 0.3) is 110 Å². The zero-order valence-electron chi connectivity index (χ0n) is 31.6. The Morgan fingerprint density at radius 1 is 0.305 bits per heavy atom. The van der Waals surface area contributed by atoms with E-state index in [9.17, 15) is 0 Å². The summed E-state index contributed by atoms with van der Waals surface area (Å²) in [7, 11) is 0. The second-order valence-electron chi connectivity index (χ2n) is 14.3. The maximum absolute atomic E-state index is 5.25. The third-order valence-electron chi connectivity index (χ3n) is 10.7. The minimum atomic E-state index is 0.630. The Labute approximate surface area is 344 Å². The molecule has 0 saturated heterocycles. The van der Waals surface area contributed by atoms with Crippen LogP contribution in [-0.2, 0) is 0 Å². The average Bonchev–Trinajstić information content (AvgIpc) is 3.70. The minimum absolute atomic E-state index is 0.630. The molecule has 0 aliphatic rings. The van der Waals surface area contributed by atoms with Crippen LogP contribution in [0.1, 0.15) is 0 Å². The lowest BCUT2D eigenvalue weighted by atomic mass is 9.94. The van der Waals surface area contributed by atoms with Crippen molar-refractivity contribution in [1.29, 1.82) is 0 Å². The van der Waals surface area contributed by atoms with E-state index in [4.69, 9.17) is 24.9 Å². The second-order valence-corrected chi connectivity index (χ2v) is 15.3. The lowest BCUT2D eigenvalue weighted by Crippen LogP contribution is -2.00. The van der Waals surface area contributed by atoms with Crippen LogP contribution in [0.5, 0.6) is 0 Å². The van der Waals surface area contributed by atoms with Crippen molar-refractivity contribution in [2.24, 2.45) is 0 Å². The molecule has 0 fully saturated rings. The summed E-state index contributed by atoms with van der Waals surface area (Å²) in [5.41, 5.74) is 11.2. The SMILES string of the molecule is c1ccc(-c2ccc(-c3nc(-c4ccc(-c5ccc(-c6nc(-c7ccccc7)nc(-c7ccccc7)n6)c6ccccc56)cc4)nc4c3sc3ncccc34)cc2)cc1. The van der Waals surface area contributed by atoms with Crippen molar-refractivity contribution >= 4 is 42.5 Å². The fraction of sp³-hybridized carbons (Fsp3) is 0. The summed E-state index contributed by atoms with van der Waals surface area (Å²) in [4.78, 5) is 31.1. The van der Waals surface area contributed by atoms with Crippen molar-refractivity contribution in [3.05, 3.63) is 194 Å². The highest BCUT2D eigenvalue weighted by molar-refractivity contribution is 7.25. The molecule has 0 amide bonds. The molecule has 0 aliphatic heterocycles. The van der Waals surface area contributed by atoms with Crippen LogP contribution in [-0.4, -0.2) is 29.9 Å². The fourth-order valence-electron chi connectivity index (χ4n) is 7.73. The molecule has 0 bridgehead atoms. The molecule has 0 radical (unpaired) electrons. The molecule has 0 spiro atoms. The van der Waals surface area contributed by atoms with Crippen molar-refractivity contribution < 1.29 is 0 Å². The highest BCUT2D eigenvalue weighted by Crippen LogP contribution is 2.40. The lowest BCUT2D eigenvalue weighted by Gasteiger charge is -2.13. The van der Waals surface area contributed by atoms with Crippen molar-refractivity contribution in [3.63, 3.8) is 0 Å². The Balaban J connectivity index is 0.994. The van der Waals surface area contributed by atoms with Crippen LogP contribution >= 0.6 is 11.3 Å². The number of hydrogen-bond donors (Lipinski definition) is 0. The summed E-state index contributed by atoms with van der Waals surface area (Å²) in [6.07, 6.45) is 1.84. The fourth-order valence-corrected chi connectivity index (χ4v) is 8.82. The van der Waals surface area contributed by atoms with E-state index in [2.05, 4.69) is 120 Å².